The summed E-state index contributed by atoms with van der Waals surface area (Å²) in [5, 5.41) is 8.95. The number of benzene rings is 1. The summed E-state index contributed by atoms with van der Waals surface area (Å²) < 4.78 is 23.9. The van der Waals surface area contributed by atoms with Crippen LogP contribution in [0.3, 0.4) is 0 Å². The second kappa shape index (κ2) is 8.75. The lowest BCUT2D eigenvalue weighted by atomic mass is 10.1. The highest BCUT2D eigenvalue weighted by molar-refractivity contribution is 7.89. The van der Waals surface area contributed by atoms with Crippen molar-refractivity contribution in [3.63, 3.8) is 0 Å². The zero-order chi connectivity index (χ0) is 18.3. The number of aryl methyl sites for hydroxylation is 1. The summed E-state index contributed by atoms with van der Waals surface area (Å²) in [6, 6.07) is 9.91. The van der Waals surface area contributed by atoms with E-state index in [2.05, 4.69) is 5.10 Å². The average Bonchev–Trinajstić information content (AvgIpc) is 3.07. The van der Waals surface area contributed by atoms with Crippen LogP contribution < -0.4 is 10.9 Å². The Hall–Kier alpha value is -2.23. The van der Waals surface area contributed by atoms with Gasteiger partial charge >= 0.3 is 0 Å². The molecule has 0 atom stereocenters. The summed E-state index contributed by atoms with van der Waals surface area (Å²) in [5.74, 6) is -0.0472. The van der Waals surface area contributed by atoms with Crippen molar-refractivity contribution in [2.75, 3.05) is 19.6 Å². The summed E-state index contributed by atoms with van der Waals surface area (Å²) in [6.07, 6.45) is 3.46. The van der Waals surface area contributed by atoms with Gasteiger partial charge in [0.15, 0.2) is 0 Å². The Bertz CT molecular complexity index is 789. The highest BCUT2D eigenvalue weighted by Crippen LogP contribution is 2.06. The van der Waals surface area contributed by atoms with Crippen molar-refractivity contribution < 1.29 is 13.2 Å². The van der Waals surface area contributed by atoms with Gasteiger partial charge in [0.1, 0.15) is 4.90 Å². The van der Waals surface area contributed by atoms with Crippen molar-refractivity contribution in [3.05, 3.63) is 48.3 Å². The Morgan fingerprint density at radius 3 is 2.52 bits per heavy atom. The molecule has 1 heterocycles. The monoisotopic (exact) mass is 365 g/mol. The number of aromatic nitrogens is 2. The van der Waals surface area contributed by atoms with Gasteiger partial charge in [-0.1, -0.05) is 30.3 Å². The lowest BCUT2D eigenvalue weighted by Gasteiger charge is -2.22. The van der Waals surface area contributed by atoms with Gasteiger partial charge in [0.05, 0.1) is 6.20 Å². The van der Waals surface area contributed by atoms with E-state index in [0.29, 0.717) is 19.6 Å². The van der Waals surface area contributed by atoms with E-state index in [1.54, 1.807) is 4.90 Å². The van der Waals surface area contributed by atoms with Crippen LogP contribution in [-0.2, 0) is 27.8 Å². The van der Waals surface area contributed by atoms with Crippen molar-refractivity contribution in [2.45, 2.75) is 24.3 Å². The summed E-state index contributed by atoms with van der Waals surface area (Å²) in [6.45, 7) is 1.73. The first-order valence-electron chi connectivity index (χ1n) is 7.97. The third-order valence-electron chi connectivity index (χ3n) is 3.76. The molecular weight excluding hydrogens is 342 g/mol. The second-order valence-electron chi connectivity index (χ2n) is 5.64. The van der Waals surface area contributed by atoms with E-state index >= 15 is 0 Å². The van der Waals surface area contributed by atoms with E-state index in [1.165, 1.54) is 17.1 Å². The molecule has 0 radical (unpaired) electrons. The number of hydrogen-bond acceptors (Lipinski definition) is 5. The predicted molar refractivity (Wildman–Crippen MR) is 94.0 cm³/mol. The Balaban J connectivity index is 1.90. The van der Waals surface area contributed by atoms with Crippen LogP contribution in [0.5, 0.6) is 0 Å². The van der Waals surface area contributed by atoms with E-state index in [0.717, 1.165) is 12.0 Å². The van der Waals surface area contributed by atoms with Crippen LogP contribution >= 0.6 is 0 Å². The van der Waals surface area contributed by atoms with Crippen LogP contribution in [0.15, 0.2) is 47.6 Å². The molecule has 136 valence electrons. The van der Waals surface area contributed by atoms with Crippen LogP contribution in [-0.4, -0.2) is 48.6 Å². The molecule has 4 N–H and O–H groups in total. The van der Waals surface area contributed by atoms with Gasteiger partial charge in [-0.25, -0.2) is 13.6 Å². The van der Waals surface area contributed by atoms with Gasteiger partial charge in [-0.15, -0.1) is 0 Å². The molecule has 0 aliphatic carbocycles. The van der Waals surface area contributed by atoms with Gasteiger partial charge in [-0.05, 0) is 12.0 Å². The maximum Gasteiger partial charge on any atom is 0.241 e. The third kappa shape index (κ3) is 5.96. The molecule has 1 aromatic carbocycles. The number of nitrogens with two attached hydrogens (primary N) is 2. The number of nitrogens with zero attached hydrogens (tertiary/aromatic N) is 3. The minimum absolute atomic E-state index is 0.0472. The topological polar surface area (TPSA) is 124 Å². The van der Waals surface area contributed by atoms with Gasteiger partial charge in [0, 0.05) is 38.8 Å². The number of primary sulfonamides is 1. The van der Waals surface area contributed by atoms with E-state index in [4.69, 9.17) is 10.9 Å². The minimum Gasteiger partial charge on any atom is -0.341 e. The fourth-order valence-electron chi connectivity index (χ4n) is 2.41. The summed E-state index contributed by atoms with van der Waals surface area (Å²) in [7, 11) is -3.78. The molecule has 2 aromatic rings. The summed E-state index contributed by atoms with van der Waals surface area (Å²) in [5.41, 5.74) is 6.76. The molecule has 0 saturated heterocycles. The SMILES string of the molecule is NCCN(CCc1ccccc1)C(=O)CCn1cc(S(N)(=O)=O)cn1. The normalized spacial score (nSPS) is 11.4. The van der Waals surface area contributed by atoms with Crippen molar-refractivity contribution in [2.24, 2.45) is 10.9 Å². The lowest BCUT2D eigenvalue weighted by molar-refractivity contribution is -0.131. The molecule has 0 aliphatic rings. The first-order valence-corrected chi connectivity index (χ1v) is 9.52. The molecule has 1 aromatic heterocycles. The molecule has 0 fully saturated rings. The third-order valence-corrected chi connectivity index (χ3v) is 4.63. The number of amides is 1. The minimum atomic E-state index is -3.78. The molecule has 1 amide bonds. The van der Waals surface area contributed by atoms with E-state index < -0.39 is 10.0 Å². The zero-order valence-corrected chi connectivity index (χ0v) is 14.7. The van der Waals surface area contributed by atoms with Crippen LogP contribution in [0.2, 0.25) is 0 Å². The maximum absolute atomic E-state index is 12.4. The first kappa shape index (κ1) is 19.1. The Labute approximate surface area is 147 Å². The highest BCUT2D eigenvalue weighted by atomic mass is 32.2. The molecule has 2 rings (SSSR count). The van der Waals surface area contributed by atoms with Gasteiger partial charge in [-0.3, -0.25) is 9.48 Å². The largest absolute Gasteiger partial charge is 0.341 e. The van der Waals surface area contributed by atoms with Crippen molar-refractivity contribution in [1.29, 1.82) is 0 Å². The van der Waals surface area contributed by atoms with Crippen LogP contribution in [0.25, 0.3) is 0 Å². The fourth-order valence-corrected chi connectivity index (χ4v) is 2.87. The van der Waals surface area contributed by atoms with E-state index in [9.17, 15) is 13.2 Å². The number of rotatable bonds is 9. The van der Waals surface area contributed by atoms with Gasteiger partial charge in [0.2, 0.25) is 15.9 Å². The van der Waals surface area contributed by atoms with Crippen LogP contribution in [0.4, 0.5) is 0 Å². The van der Waals surface area contributed by atoms with Gasteiger partial charge in [-0.2, -0.15) is 5.10 Å². The molecule has 0 unspecified atom stereocenters. The molecule has 0 spiro atoms. The summed E-state index contributed by atoms with van der Waals surface area (Å²) >= 11 is 0. The van der Waals surface area contributed by atoms with E-state index in [1.807, 2.05) is 30.3 Å². The lowest BCUT2D eigenvalue weighted by Crippen LogP contribution is -2.37. The number of hydrogen-bond donors (Lipinski definition) is 2. The van der Waals surface area contributed by atoms with Crippen LogP contribution in [0.1, 0.15) is 12.0 Å². The molecule has 25 heavy (non-hydrogen) atoms. The Morgan fingerprint density at radius 2 is 1.92 bits per heavy atom. The molecule has 0 saturated carbocycles. The second-order valence-corrected chi connectivity index (χ2v) is 7.20. The zero-order valence-electron chi connectivity index (χ0n) is 13.9. The smallest absolute Gasteiger partial charge is 0.241 e. The van der Waals surface area contributed by atoms with Crippen molar-refractivity contribution >= 4 is 15.9 Å². The molecule has 0 bridgehead atoms. The van der Waals surface area contributed by atoms with Gasteiger partial charge in [0.25, 0.3) is 0 Å². The average molecular weight is 365 g/mol. The number of sulfonamides is 1. The predicted octanol–water partition coefficient (Wildman–Crippen LogP) is -0.0494. The van der Waals surface area contributed by atoms with Crippen molar-refractivity contribution in [3.8, 4) is 0 Å². The first-order chi connectivity index (χ1) is 11.9. The highest BCUT2D eigenvalue weighted by Gasteiger charge is 2.15. The Morgan fingerprint density at radius 1 is 1.20 bits per heavy atom. The molecule has 9 heteroatoms. The summed E-state index contributed by atoms with van der Waals surface area (Å²) in [4.78, 5) is 14.1. The number of carbonyl (C=O) groups excluding carboxylic acids is 1. The van der Waals surface area contributed by atoms with Gasteiger partial charge < -0.3 is 10.6 Å². The molecule has 8 nitrogen and oxygen atoms in total. The fraction of sp³-hybridized carbons (Fsp3) is 0.375. The molecule has 0 aliphatic heterocycles. The standard InChI is InChI=1S/C16H23N5O3S/c17-8-11-20(9-6-14-4-2-1-3-5-14)16(22)7-10-21-13-15(12-19-21)25(18,23)24/h1-5,12-13H,6-11,17H2,(H2,18,23,24). The Kier molecular flexibility index (Phi) is 6.68. The number of carbonyl (C=O) groups is 1. The van der Waals surface area contributed by atoms with Crippen molar-refractivity contribution in [1.82, 2.24) is 14.7 Å². The maximum atomic E-state index is 12.4. The molecular formula is C16H23N5O3S. The van der Waals surface area contributed by atoms with E-state index in [-0.39, 0.29) is 23.8 Å². The van der Waals surface area contributed by atoms with Crippen LogP contribution in [0, 0.1) is 0 Å². The quantitative estimate of drug-likeness (QED) is 0.645.